The van der Waals surface area contributed by atoms with Crippen LogP contribution in [-0.2, 0) is 20.8 Å². The molecule has 0 aliphatic carbocycles. The van der Waals surface area contributed by atoms with Gasteiger partial charge in [0.15, 0.2) is 0 Å². The van der Waals surface area contributed by atoms with Gasteiger partial charge in [-0.2, -0.15) is 0 Å². The molecule has 0 spiro atoms. The van der Waals surface area contributed by atoms with Gasteiger partial charge in [-0.05, 0) is 54.8 Å². The molecule has 33 heavy (non-hydrogen) atoms. The Labute approximate surface area is 200 Å². The zero-order chi connectivity index (χ0) is 23.7. The van der Waals surface area contributed by atoms with Crippen molar-refractivity contribution in [2.45, 2.75) is 32.2 Å². The molecule has 3 N–H and O–H groups in total. The van der Waals surface area contributed by atoms with Gasteiger partial charge in [0.1, 0.15) is 6.04 Å². The van der Waals surface area contributed by atoms with Gasteiger partial charge in [-0.1, -0.05) is 58.4 Å². The van der Waals surface area contributed by atoms with Crippen LogP contribution in [-0.4, -0.2) is 23.8 Å². The summed E-state index contributed by atoms with van der Waals surface area (Å²) in [5.74, 6) is -1.71. The number of hydrogen-bond donors (Lipinski definition) is 2. The Kier molecular flexibility index (Phi) is 6.33. The molecule has 1 aliphatic rings. The monoisotopic (exact) mass is 505 g/mol. The van der Waals surface area contributed by atoms with Crippen molar-refractivity contribution in [1.29, 1.82) is 0 Å². The number of carbonyl (C=O) groups is 3. The number of hydrogen-bond acceptors (Lipinski definition) is 4. The molecular formula is C26H24BrN3O3. The Morgan fingerprint density at radius 1 is 1.06 bits per heavy atom. The van der Waals surface area contributed by atoms with E-state index >= 15 is 0 Å². The molecule has 3 aromatic rings. The lowest BCUT2D eigenvalue weighted by Crippen LogP contribution is -2.50. The van der Waals surface area contributed by atoms with Gasteiger partial charge in [-0.25, -0.2) is 4.90 Å². The molecule has 1 heterocycles. The van der Waals surface area contributed by atoms with Crippen molar-refractivity contribution >= 4 is 45.0 Å². The van der Waals surface area contributed by atoms with Crippen LogP contribution in [0.25, 0.3) is 11.1 Å². The Balaban J connectivity index is 1.64. The van der Waals surface area contributed by atoms with Crippen LogP contribution in [0.2, 0.25) is 0 Å². The molecule has 3 amide bonds. The molecule has 0 saturated heterocycles. The normalized spacial score (nSPS) is 15.8. The van der Waals surface area contributed by atoms with E-state index in [1.54, 1.807) is 32.0 Å². The number of rotatable bonds is 4. The molecule has 0 bridgehead atoms. The second-order valence-electron chi connectivity index (χ2n) is 8.15. The summed E-state index contributed by atoms with van der Waals surface area (Å²) in [6.45, 7) is 3.37. The Morgan fingerprint density at radius 2 is 1.76 bits per heavy atom. The van der Waals surface area contributed by atoms with Crippen molar-refractivity contribution in [3.63, 3.8) is 0 Å². The van der Waals surface area contributed by atoms with E-state index in [-0.39, 0.29) is 18.2 Å². The van der Waals surface area contributed by atoms with E-state index in [1.165, 1.54) is 4.90 Å². The first-order chi connectivity index (χ1) is 15.8. The number of anilines is 2. The number of halogens is 1. The molecule has 7 heteroatoms. The quantitative estimate of drug-likeness (QED) is 0.513. The minimum absolute atomic E-state index is 0.129. The molecule has 168 valence electrons. The lowest BCUT2D eigenvalue weighted by Gasteiger charge is -2.26. The number of nitrogen functional groups attached to an aromatic ring is 1. The van der Waals surface area contributed by atoms with Gasteiger partial charge in [0.05, 0.1) is 18.0 Å². The largest absolute Gasteiger partial charge is 0.398 e. The van der Waals surface area contributed by atoms with Crippen LogP contribution in [0.15, 0.2) is 71.2 Å². The molecule has 0 aromatic heterocycles. The number of fused-ring (bicyclic) bond motifs is 3. The molecular weight excluding hydrogens is 482 g/mol. The number of carbonyl (C=O) groups excluding carboxylic acids is 3. The van der Waals surface area contributed by atoms with Gasteiger partial charge in [0, 0.05) is 15.7 Å². The summed E-state index contributed by atoms with van der Waals surface area (Å²) in [5.41, 5.74) is 10.3. The number of nitrogens with one attached hydrogen (secondary N) is 1. The Bertz CT molecular complexity index is 1240. The highest BCUT2D eigenvalue weighted by atomic mass is 79.9. The summed E-state index contributed by atoms with van der Waals surface area (Å²) in [5, 5.41) is 2.74. The molecule has 0 fully saturated rings. The standard InChI is InChI=1S/C26H24BrN3O3/c1-15-19-6-3-4-7-20(19)24-21(28)8-5-9-22(24)30(25(15)32)26(33)16(2)29-23(31)14-17-10-12-18(27)13-11-17/h3-13,15-16H,14,28H2,1-2H3,(H,29,31)/t15?,16-/m0/s1. The fourth-order valence-corrected chi connectivity index (χ4v) is 4.41. The van der Waals surface area contributed by atoms with Gasteiger partial charge in [0.2, 0.25) is 11.8 Å². The maximum Gasteiger partial charge on any atom is 0.256 e. The number of nitrogens with zero attached hydrogens (tertiary/aromatic N) is 1. The summed E-state index contributed by atoms with van der Waals surface area (Å²) in [6, 6.07) is 19.2. The van der Waals surface area contributed by atoms with E-state index in [1.807, 2.05) is 48.5 Å². The first-order valence-corrected chi connectivity index (χ1v) is 11.5. The lowest BCUT2D eigenvalue weighted by molar-refractivity contribution is -0.131. The molecule has 4 rings (SSSR count). The molecule has 0 radical (unpaired) electrons. The molecule has 1 unspecified atom stereocenters. The lowest BCUT2D eigenvalue weighted by atomic mass is 9.92. The summed E-state index contributed by atoms with van der Waals surface area (Å²) in [7, 11) is 0. The summed E-state index contributed by atoms with van der Waals surface area (Å²) in [6.07, 6.45) is 0.129. The molecule has 2 atom stereocenters. The van der Waals surface area contributed by atoms with Crippen LogP contribution in [0.1, 0.15) is 30.9 Å². The van der Waals surface area contributed by atoms with E-state index in [2.05, 4.69) is 21.2 Å². The van der Waals surface area contributed by atoms with Crippen molar-refractivity contribution in [3.05, 3.63) is 82.3 Å². The molecule has 6 nitrogen and oxygen atoms in total. The predicted octanol–water partition coefficient (Wildman–Crippen LogP) is 4.42. The minimum Gasteiger partial charge on any atom is -0.398 e. The third kappa shape index (κ3) is 4.41. The fourth-order valence-electron chi connectivity index (χ4n) is 4.15. The first-order valence-electron chi connectivity index (χ1n) is 10.7. The van der Waals surface area contributed by atoms with Crippen molar-refractivity contribution in [1.82, 2.24) is 5.32 Å². The van der Waals surface area contributed by atoms with Crippen LogP contribution < -0.4 is 16.0 Å². The highest BCUT2D eigenvalue weighted by molar-refractivity contribution is 9.10. The Morgan fingerprint density at radius 3 is 2.48 bits per heavy atom. The third-order valence-electron chi connectivity index (χ3n) is 5.85. The predicted molar refractivity (Wildman–Crippen MR) is 133 cm³/mol. The topological polar surface area (TPSA) is 92.5 Å². The van der Waals surface area contributed by atoms with E-state index in [4.69, 9.17) is 5.73 Å². The highest BCUT2D eigenvalue weighted by Crippen LogP contribution is 2.44. The van der Waals surface area contributed by atoms with Gasteiger partial charge >= 0.3 is 0 Å². The van der Waals surface area contributed by atoms with Crippen LogP contribution in [0.4, 0.5) is 11.4 Å². The van der Waals surface area contributed by atoms with E-state index < -0.39 is 17.9 Å². The van der Waals surface area contributed by atoms with Crippen LogP contribution in [0.3, 0.4) is 0 Å². The Hall–Kier alpha value is -3.45. The minimum atomic E-state index is -0.903. The van der Waals surface area contributed by atoms with E-state index in [9.17, 15) is 14.4 Å². The second-order valence-corrected chi connectivity index (χ2v) is 9.07. The van der Waals surface area contributed by atoms with Crippen molar-refractivity contribution < 1.29 is 14.4 Å². The van der Waals surface area contributed by atoms with Crippen molar-refractivity contribution in [3.8, 4) is 11.1 Å². The van der Waals surface area contributed by atoms with Crippen molar-refractivity contribution in [2.24, 2.45) is 0 Å². The fraction of sp³-hybridized carbons (Fsp3) is 0.192. The first kappa shape index (κ1) is 22.7. The summed E-state index contributed by atoms with van der Waals surface area (Å²) < 4.78 is 0.919. The smallest absolute Gasteiger partial charge is 0.256 e. The van der Waals surface area contributed by atoms with E-state index in [0.717, 1.165) is 21.2 Å². The third-order valence-corrected chi connectivity index (χ3v) is 6.38. The van der Waals surface area contributed by atoms with Gasteiger partial charge < -0.3 is 11.1 Å². The van der Waals surface area contributed by atoms with Crippen LogP contribution >= 0.6 is 15.9 Å². The number of imide groups is 1. The maximum absolute atomic E-state index is 13.5. The van der Waals surface area contributed by atoms with Crippen LogP contribution in [0, 0.1) is 0 Å². The zero-order valence-corrected chi connectivity index (χ0v) is 19.9. The summed E-state index contributed by atoms with van der Waals surface area (Å²) >= 11 is 3.37. The second kappa shape index (κ2) is 9.19. The van der Waals surface area contributed by atoms with Gasteiger partial charge in [-0.15, -0.1) is 0 Å². The molecule has 3 aromatic carbocycles. The average Bonchev–Trinajstić information content (AvgIpc) is 2.89. The van der Waals surface area contributed by atoms with Crippen molar-refractivity contribution in [2.75, 3.05) is 10.6 Å². The zero-order valence-electron chi connectivity index (χ0n) is 18.3. The van der Waals surface area contributed by atoms with Gasteiger partial charge in [-0.3, -0.25) is 14.4 Å². The van der Waals surface area contributed by atoms with E-state index in [0.29, 0.717) is 16.9 Å². The summed E-state index contributed by atoms with van der Waals surface area (Å²) in [4.78, 5) is 40.7. The SMILES string of the molecule is CC1C(=O)N(C(=O)[C@H](C)NC(=O)Cc2ccc(Br)cc2)c2cccc(N)c2-c2ccccc21. The highest BCUT2D eigenvalue weighted by Gasteiger charge is 2.37. The van der Waals surface area contributed by atoms with Crippen LogP contribution in [0.5, 0.6) is 0 Å². The average molecular weight is 506 g/mol. The number of nitrogens with two attached hydrogens (primary N) is 1. The molecule has 1 aliphatic heterocycles. The molecule has 0 saturated carbocycles. The maximum atomic E-state index is 13.5. The number of benzene rings is 3. The van der Waals surface area contributed by atoms with Gasteiger partial charge in [0.25, 0.3) is 5.91 Å². The number of amides is 3.